The van der Waals surface area contributed by atoms with Crippen molar-refractivity contribution in [2.75, 3.05) is 0 Å². The molecule has 0 spiro atoms. The van der Waals surface area contributed by atoms with E-state index in [9.17, 15) is 13.6 Å². The number of rotatable bonds is 7. The number of carbonyl (C=O) groups excluding carboxylic acids is 1. The summed E-state index contributed by atoms with van der Waals surface area (Å²) in [7, 11) is 0. The van der Waals surface area contributed by atoms with Crippen LogP contribution in [0.1, 0.15) is 38.7 Å². The molecule has 20 heavy (non-hydrogen) atoms. The Morgan fingerprint density at radius 3 is 2.55 bits per heavy atom. The van der Waals surface area contributed by atoms with E-state index in [1.165, 1.54) is 6.07 Å². The predicted molar refractivity (Wildman–Crippen MR) is 79.4 cm³/mol. The van der Waals surface area contributed by atoms with Gasteiger partial charge < -0.3 is 5.73 Å². The molecule has 0 saturated heterocycles. The number of hydrogen-bond acceptors (Lipinski definition) is 2. The van der Waals surface area contributed by atoms with Gasteiger partial charge in [-0.1, -0.05) is 13.3 Å². The van der Waals surface area contributed by atoms with E-state index in [2.05, 4.69) is 15.9 Å². The molecule has 2 N–H and O–H groups in total. The molecule has 1 rings (SSSR count). The number of hydrogen-bond donors (Lipinski definition) is 1. The quantitative estimate of drug-likeness (QED) is 0.757. The molecule has 0 aliphatic heterocycles. The molecule has 0 bridgehead atoms. The SMILES string of the molecule is CC(N)CCCC(C)C(=O)Cc1c(F)ccc(Br)c1F. The number of halogens is 3. The average Bonchev–Trinajstić information content (AvgIpc) is 2.38. The highest BCUT2D eigenvalue weighted by Crippen LogP contribution is 2.23. The maximum Gasteiger partial charge on any atom is 0.143 e. The van der Waals surface area contributed by atoms with E-state index >= 15 is 0 Å². The maximum atomic E-state index is 13.8. The van der Waals surface area contributed by atoms with E-state index in [1.54, 1.807) is 6.92 Å². The lowest BCUT2D eigenvalue weighted by atomic mass is 9.93. The van der Waals surface area contributed by atoms with Crippen LogP contribution < -0.4 is 5.73 Å². The van der Waals surface area contributed by atoms with Gasteiger partial charge in [0.2, 0.25) is 0 Å². The summed E-state index contributed by atoms with van der Waals surface area (Å²) in [4.78, 5) is 12.0. The molecule has 0 aromatic heterocycles. The summed E-state index contributed by atoms with van der Waals surface area (Å²) in [6, 6.07) is 2.57. The van der Waals surface area contributed by atoms with Gasteiger partial charge in [-0.3, -0.25) is 4.79 Å². The summed E-state index contributed by atoms with van der Waals surface area (Å²) >= 11 is 3.00. The van der Waals surface area contributed by atoms with E-state index in [-0.39, 0.29) is 34.2 Å². The smallest absolute Gasteiger partial charge is 0.143 e. The van der Waals surface area contributed by atoms with Crippen molar-refractivity contribution in [3.63, 3.8) is 0 Å². The van der Waals surface area contributed by atoms with Gasteiger partial charge in [0.05, 0.1) is 4.47 Å². The molecule has 2 atom stereocenters. The van der Waals surface area contributed by atoms with E-state index in [0.29, 0.717) is 6.42 Å². The largest absolute Gasteiger partial charge is 0.328 e. The first-order valence-corrected chi connectivity index (χ1v) is 7.53. The average molecular weight is 348 g/mol. The van der Waals surface area contributed by atoms with Gasteiger partial charge in [0.15, 0.2) is 0 Å². The summed E-state index contributed by atoms with van der Waals surface area (Å²) in [6.45, 7) is 3.70. The molecule has 0 saturated carbocycles. The molecular weight excluding hydrogens is 328 g/mol. The van der Waals surface area contributed by atoms with Crippen molar-refractivity contribution in [1.82, 2.24) is 0 Å². The number of Topliss-reactive ketones (excluding diaryl/α,β-unsaturated/α-hetero) is 1. The van der Waals surface area contributed by atoms with Gasteiger partial charge in [-0.2, -0.15) is 0 Å². The zero-order valence-corrected chi connectivity index (χ0v) is 13.3. The fourth-order valence-electron chi connectivity index (χ4n) is 1.99. The number of benzene rings is 1. The lowest BCUT2D eigenvalue weighted by molar-refractivity contribution is -0.122. The van der Waals surface area contributed by atoms with Crippen LogP contribution in [0, 0.1) is 17.6 Å². The normalized spacial score (nSPS) is 14.1. The van der Waals surface area contributed by atoms with Gasteiger partial charge in [0, 0.05) is 23.9 Å². The molecule has 1 aromatic rings. The molecule has 0 aliphatic rings. The van der Waals surface area contributed by atoms with Crippen LogP contribution >= 0.6 is 15.9 Å². The molecule has 5 heteroatoms. The Morgan fingerprint density at radius 1 is 1.30 bits per heavy atom. The van der Waals surface area contributed by atoms with Crippen molar-refractivity contribution in [2.45, 2.75) is 45.6 Å². The lowest BCUT2D eigenvalue weighted by Crippen LogP contribution is -2.18. The van der Waals surface area contributed by atoms with Crippen LogP contribution in [0.4, 0.5) is 8.78 Å². The van der Waals surface area contributed by atoms with Crippen LogP contribution in [-0.4, -0.2) is 11.8 Å². The fourth-order valence-corrected chi connectivity index (χ4v) is 2.36. The van der Waals surface area contributed by atoms with Crippen molar-refractivity contribution < 1.29 is 13.6 Å². The molecule has 0 amide bonds. The van der Waals surface area contributed by atoms with Crippen LogP contribution in [0.15, 0.2) is 16.6 Å². The second kappa shape index (κ2) is 7.84. The molecule has 0 heterocycles. The summed E-state index contributed by atoms with van der Waals surface area (Å²) in [6.07, 6.45) is 2.17. The first-order chi connectivity index (χ1) is 9.32. The minimum Gasteiger partial charge on any atom is -0.328 e. The summed E-state index contributed by atoms with van der Waals surface area (Å²) in [5.74, 6) is -1.74. The Balaban J connectivity index is 2.64. The van der Waals surface area contributed by atoms with E-state index < -0.39 is 11.6 Å². The second-order valence-corrected chi connectivity index (χ2v) is 6.13. The Labute approximate surface area is 126 Å². The molecule has 1 aromatic carbocycles. The van der Waals surface area contributed by atoms with Gasteiger partial charge in [-0.25, -0.2) is 8.78 Å². The van der Waals surface area contributed by atoms with Crippen molar-refractivity contribution in [3.05, 3.63) is 33.8 Å². The van der Waals surface area contributed by atoms with Gasteiger partial charge in [-0.15, -0.1) is 0 Å². The molecule has 0 fully saturated rings. The topological polar surface area (TPSA) is 43.1 Å². The zero-order valence-electron chi connectivity index (χ0n) is 11.8. The lowest BCUT2D eigenvalue weighted by Gasteiger charge is -2.12. The van der Waals surface area contributed by atoms with Crippen molar-refractivity contribution in [3.8, 4) is 0 Å². The highest BCUT2D eigenvalue weighted by atomic mass is 79.9. The third kappa shape index (κ3) is 4.94. The van der Waals surface area contributed by atoms with E-state index in [0.717, 1.165) is 18.9 Å². The highest BCUT2D eigenvalue weighted by Gasteiger charge is 2.19. The minimum atomic E-state index is -0.693. The standard InChI is InChI=1S/C15H20BrF2NO/c1-9(4-3-5-10(2)19)14(20)8-11-13(17)7-6-12(16)15(11)18/h6-7,9-10H,3-5,8,19H2,1-2H3. The molecule has 112 valence electrons. The van der Waals surface area contributed by atoms with Crippen molar-refractivity contribution >= 4 is 21.7 Å². The Hall–Kier alpha value is -0.810. The highest BCUT2D eigenvalue weighted by molar-refractivity contribution is 9.10. The molecular formula is C15H20BrF2NO. The zero-order chi connectivity index (χ0) is 15.3. The summed E-state index contributed by atoms with van der Waals surface area (Å²) in [5.41, 5.74) is 5.48. The fraction of sp³-hybridized carbons (Fsp3) is 0.533. The Morgan fingerprint density at radius 2 is 1.95 bits per heavy atom. The predicted octanol–water partition coefficient (Wildman–Crippen LogP) is 3.99. The van der Waals surface area contributed by atoms with Crippen LogP contribution in [0.25, 0.3) is 0 Å². The van der Waals surface area contributed by atoms with Crippen molar-refractivity contribution in [2.24, 2.45) is 11.7 Å². The molecule has 2 nitrogen and oxygen atoms in total. The third-order valence-electron chi connectivity index (χ3n) is 3.34. The van der Waals surface area contributed by atoms with Crippen molar-refractivity contribution in [1.29, 1.82) is 0 Å². The van der Waals surface area contributed by atoms with E-state index in [4.69, 9.17) is 5.73 Å². The monoisotopic (exact) mass is 347 g/mol. The van der Waals surface area contributed by atoms with Crippen LogP contribution in [0.3, 0.4) is 0 Å². The number of carbonyl (C=O) groups is 1. The van der Waals surface area contributed by atoms with Crippen LogP contribution in [-0.2, 0) is 11.2 Å². The number of nitrogens with two attached hydrogens (primary N) is 1. The maximum absolute atomic E-state index is 13.8. The van der Waals surface area contributed by atoms with Crippen LogP contribution in [0.2, 0.25) is 0 Å². The number of ketones is 1. The summed E-state index contributed by atoms with van der Waals surface area (Å²) in [5, 5.41) is 0. The minimum absolute atomic E-state index is 0.109. The first kappa shape index (κ1) is 17.2. The Kier molecular flexibility index (Phi) is 6.76. The van der Waals surface area contributed by atoms with Crippen LogP contribution in [0.5, 0.6) is 0 Å². The van der Waals surface area contributed by atoms with Gasteiger partial charge >= 0.3 is 0 Å². The molecule has 0 aliphatic carbocycles. The Bertz CT molecular complexity index is 477. The third-order valence-corrected chi connectivity index (χ3v) is 3.95. The second-order valence-electron chi connectivity index (χ2n) is 5.27. The first-order valence-electron chi connectivity index (χ1n) is 6.73. The van der Waals surface area contributed by atoms with Gasteiger partial charge in [-0.05, 0) is 47.8 Å². The summed E-state index contributed by atoms with van der Waals surface area (Å²) < 4.78 is 27.5. The molecule has 2 unspecified atom stereocenters. The molecule has 0 radical (unpaired) electrons. The van der Waals surface area contributed by atoms with E-state index in [1.807, 2.05) is 6.92 Å². The van der Waals surface area contributed by atoms with Gasteiger partial charge in [0.25, 0.3) is 0 Å². The van der Waals surface area contributed by atoms with Gasteiger partial charge in [0.1, 0.15) is 17.4 Å².